The van der Waals surface area contributed by atoms with Gasteiger partial charge in [0, 0.05) is 11.5 Å². The zero-order valence-corrected chi connectivity index (χ0v) is 11.8. The highest BCUT2D eigenvalue weighted by atomic mass is 127. The third-order valence-corrected chi connectivity index (χ3v) is 3.51. The van der Waals surface area contributed by atoms with E-state index < -0.39 is 0 Å². The molecule has 0 saturated carbocycles. The predicted octanol–water partition coefficient (Wildman–Crippen LogP) is 2.72. The largest absolute Gasteiger partial charge is 0.493 e. The number of halogens is 1. The highest BCUT2D eigenvalue weighted by molar-refractivity contribution is 14.1. The van der Waals surface area contributed by atoms with E-state index in [2.05, 4.69) is 22.6 Å². The lowest BCUT2D eigenvalue weighted by Gasteiger charge is -2.12. The van der Waals surface area contributed by atoms with Crippen molar-refractivity contribution in [2.45, 2.75) is 6.92 Å². The molecule has 1 aromatic carbocycles. The first-order valence-electron chi connectivity index (χ1n) is 4.93. The molecule has 0 aliphatic rings. The van der Waals surface area contributed by atoms with Crippen molar-refractivity contribution >= 4 is 33.6 Å². The minimum atomic E-state index is -0.361. The molecule has 0 aliphatic heterocycles. The first kappa shape index (κ1) is 12.2. The quantitative estimate of drug-likeness (QED) is 0.620. The van der Waals surface area contributed by atoms with E-state index in [4.69, 9.17) is 13.9 Å². The van der Waals surface area contributed by atoms with Gasteiger partial charge in [-0.05, 0) is 41.1 Å². The number of hydrogen-bond donors (Lipinski definition) is 0. The number of rotatable bonds is 2. The van der Waals surface area contributed by atoms with Crippen molar-refractivity contribution in [3.05, 3.63) is 31.7 Å². The molecule has 1 aromatic heterocycles. The second kappa shape index (κ2) is 4.56. The normalized spacial score (nSPS) is 10.6. The van der Waals surface area contributed by atoms with Crippen LogP contribution in [0.2, 0.25) is 0 Å². The van der Waals surface area contributed by atoms with Crippen LogP contribution in [-0.4, -0.2) is 14.2 Å². The molecule has 0 atom stereocenters. The Balaban J connectivity index is 2.95. The molecule has 0 bridgehead atoms. The molecule has 0 unspecified atom stereocenters. The van der Waals surface area contributed by atoms with Crippen molar-refractivity contribution in [1.29, 1.82) is 0 Å². The van der Waals surface area contributed by atoms with Gasteiger partial charge in [-0.25, -0.2) is 4.79 Å². The van der Waals surface area contributed by atoms with Gasteiger partial charge in [-0.3, -0.25) is 0 Å². The van der Waals surface area contributed by atoms with E-state index in [1.165, 1.54) is 6.07 Å². The van der Waals surface area contributed by atoms with Crippen LogP contribution in [0, 0.1) is 10.5 Å². The molecule has 0 aliphatic carbocycles. The van der Waals surface area contributed by atoms with Crippen LogP contribution in [0.4, 0.5) is 0 Å². The number of fused-ring (bicyclic) bond motifs is 1. The van der Waals surface area contributed by atoms with E-state index in [9.17, 15) is 4.79 Å². The molecule has 0 spiro atoms. The number of methoxy groups -OCH3 is 2. The number of ether oxygens (including phenoxy) is 2. The summed E-state index contributed by atoms with van der Waals surface area (Å²) >= 11 is 2.08. The highest BCUT2D eigenvalue weighted by Crippen LogP contribution is 2.38. The summed E-state index contributed by atoms with van der Waals surface area (Å²) in [4.78, 5) is 11.4. The Kier molecular flexibility index (Phi) is 3.28. The Bertz CT molecular complexity index is 630. The summed E-state index contributed by atoms with van der Waals surface area (Å²) in [6.07, 6.45) is 0. The number of benzene rings is 1. The van der Waals surface area contributed by atoms with Crippen LogP contribution in [-0.2, 0) is 0 Å². The molecule has 2 rings (SSSR count). The Hall–Kier alpha value is -1.24. The maximum Gasteiger partial charge on any atom is 0.336 e. The topological polar surface area (TPSA) is 48.7 Å². The average Bonchev–Trinajstić information content (AvgIpc) is 2.30. The van der Waals surface area contributed by atoms with E-state index in [-0.39, 0.29) is 5.63 Å². The van der Waals surface area contributed by atoms with Crippen molar-refractivity contribution in [2.75, 3.05) is 14.2 Å². The van der Waals surface area contributed by atoms with Gasteiger partial charge in [0.25, 0.3) is 0 Å². The summed E-state index contributed by atoms with van der Waals surface area (Å²) in [5, 5.41) is 0.853. The van der Waals surface area contributed by atoms with Gasteiger partial charge >= 0.3 is 5.63 Å². The van der Waals surface area contributed by atoms with Gasteiger partial charge in [-0.1, -0.05) is 0 Å². The number of aryl methyl sites for hydroxylation is 1. The van der Waals surface area contributed by atoms with E-state index in [0.717, 1.165) is 14.5 Å². The summed E-state index contributed by atoms with van der Waals surface area (Å²) < 4.78 is 16.5. The summed E-state index contributed by atoms with van der Waals surface area (Å²) in [5.74, 6) is 1.20. The zero-order valence-electron chi connectivity index (χ0n) is 9.67. The van der Waals surface area contributed by atoms with Crippen molar-refractivity contribution < 1.29 is 13.9 Å². The third kappa shape index (κ3) is 1.99. The van der Waals surface area contributed by atoms with Crippen molar-refractivity contribution in [3.63, 3.8) is 0 Å². The Morgan fingerprint density at radius 2 is 1.94 bits per heavy atom. The summed E-state index contributed by atoms with van der Waals surface area (Å²) in [7, 11) is 3.13. The molecule has 0 fully saturated rings. The van der Waals surface area contributed by atoms with Crippen molar-refractivity contribution in [3.8, 4) is 11.5 Å². The molecular weight excluding hydrogens is 335 g/mol. The fraction of sp³-hybridized carbons (Fsp3) is 0.250. The minimum absolute atomic E-state index is 0.361. The van der Waals surface area contributed by atoms with Crippen molar-refractivity contribution in [1.82, 2.24) is 0 Å². The van der Waals surface area contributed by atoms with Crippen LogP contribution in [0.1, 0.15) is 5.56 Å². The molecule has 0 radical (unpaired) electrons. The molecule has 0 amide bonds. The summed E-state index contributed by atoms with van der Waals surface area (Å²) in [5.41, 5.74) is 1.03. The SMILES string of the molecule is COc1cc2c(C)cc(=O)oc2c(I)c1OC. The van der Waals surface area contributed by atoms with Gasteiger partial charge in [-0.15, -0.1) is 0 Å². The predicted molar refractivity (Wildman–Crippen MR) is 73.0 cm³/mol. The lowest BCUT2D eigenvalue weighted by molar-refractivity contribution is 0.353. The van der Waals surface area contributed by atoms with Crippen LogP contribution in [0.25, 0.3) is 11.0 Å². The molecule has 1 heterocycles. The Labute approximate surface area is 112 Å². The van der Waals surface area contributed by atoms with Crippen LogP contribution in [0.5, 0.6) is 11.5 Å². The van der Waals surface area contributed by atoms with Gasteiger partial charge in [0.2, 0.25) is 0 Å². The van der Waals surface area contributed by atoms with Crippen LogP contribution >= 0.6 is 22.6 Å². The third-order valence-electron chi connectivity index (χ3n) is 2.53. The second-order valence-electron chi connectivity index (χ2n) is 3.55. The van der Waals surface area contributed by atoms with E-state index in [0.29, 0.717) is 17.1 Å². The summed E-state index contributed by atoms with van der Waals surface area (Å²) in [6.45, 7) is 1.86. The zero-order chi connectivity index (χ0) is 12.6. The molecule has 4 nitrogen and oxygen atoms in total. The van der Waals surface area contributed by atoms with Gasteiger partial charge in [-0.2, -0.15) is 0 Å². The Morgan fingerprint density at radius 3 is 2.53 bits per heavy atom. The molecular formula is C12H11IO4. The molecule has 0 saturated heterocycles. The first-order chi connectivity index (χ1) is 8.08. The molecule has 0 N–H and O–H groups in total. The monoisotopic (exact) mass is 346 g/mol. The fourth-order valence-corrected chi connectivity index (χ4v) is 2.60. The molecule has 90 valence electrons. The van der Waals surface area contributed by atoms with E-state index in [1.807, 2.05) is 13.0 Å². The van der Waals surface area contributed by atoms with Crippen LogP contribution < -0.4 is 15.1 Å². The summed E-state index contributed by atoms with van der Waals surface area (Å²) in [6, 6.07) is 3.28. The highest BCUT2D eigenvalue weighted by Gasteiger charge is 2.16. The van der Waals surface area contributed by atoms with Gasteiger partial charge in [0.15, 0.2) is 17.1 Å². The average molecular weight is 346 g/mol. The van der Waals surface area contributed by atoms with Crippen LogP contribution in [0.15, 0.2) is 21.3 Å². The molecule has 5 heteroatoms. The van der Waals surface area contributed by atoms with Gasteiger partial charge < -0.3 is 13.9 Å². The molecule has 2 aromatic rings. The lowest BCUT2D eigenvalue weighted by Crippen LogP contribution is -2.01. The van der Waals surface area contributed by atoms with E-state index in [1.54, 1.807) is 14.2 Å². The lowest BCUT2D eigenvalue weighted by atomic mass is 10.1. The van der Waals surface area contributed by atoms with E-state index >= 15 is 0 Å². The van der Waals surface area contributed by atoms with Crippen LogP contribution in [0.3, 0.4) is 0 Å². The molecule has 17 heavy (non-hydrogen) atoms. The standard InChI is InChI=1S/C12H11IO4/c1-6-4-9(14)17-11-7(6)5-8(15-2)12(16-3)10(11)13/h4-5H,1-3H3. The Morgan fingerprint density at radius 1 is 1.24 bits per heavy atom. The smallest absolute Gasteiger partial charge is 0.336 e. The van der Waals surface area contributed by atoms with Gasteiger partial charge in [0.1, 0.15) is 3.57 Å². The maximum absolute atomic E-state index is 11.4. The minimum Gasteiger partial charge on any atom is -0.493 e. The second-order valence-corrected chi connectivity index (χ2v) is 4.63. The fourth-order valence-electron chi connectivity index (χ4n) is 1.71. The maximum atomic E-state index is 11.4. The first-order valence-corrected chi connectivity index (χ1v) is 6.01. The van der Waals surface area contributed by atoms with Gasteiger partial charge in [0.05, 0.1) is 14.2 Å². The van der Waals surface area contributed by atoms with Crippen molar-refractivity contribution in [2.24, 2.45) is 0 Å². The number of hydrogen-bond acceptors (Lipinski definition) is 4.